The zero-order chi connectivity index (χ0) is 15.4. The topological polar surface area (TPSA) is 58.2 Å². The summed E-state index contributed by atoms with van der Waals surface area (Å²) >= 11 is 0. The molecular weight excluding hydrogens is 252 g/mol. The van der Waals surface area contributed by atoms with Crippen LogP contribution >= 0.6 is 0 Å². The molecule has 2 atom stereocenters. The molecule has 4 heteroatoms. The molecule has 0 saturated heterocycles. The van der Waals surface area contributed by atoms with Crippen LogP contribution in [0.4, 0.5) is 0 Å². The molecule has 1 fully saturated rings. The average Bonchev–Trinajstić information content (AvgIpc) is 2.33. The van der Waals surface area contributed by atoms with Crippen molar-refractivity contribution in [2.45, 2.75) is 46.1 Å². The lowest BCUT2D eigenvalue weighted by Gasteiger charge is -2.46. The zero-order valence-corrected chi connectivity index (χ0v) is 12.8. The van der Waals surface area contributed by atoms with Gasteiger partial charge in [0, 0.05) is 12.6 Å². The second kappa shape index (κ2) is 6.25. The Morgan fingerprint density at radius 1 is 1.15 bits per heavy atom. The third kappa shape index (κ3) is 4.83. The number of rotatable bonds is 5. The van der Waals surface area contributed by atoms with E-state index in [4.69, 9.17) is 0 Å². The second-order valence-electron chi connectivity index (χ2n) is 6.89. The predicted octanol–water partition coefficient (Wildman–Crippen LogP) is 2.18. The quantitative estimate of drug-likeness (QED) is 0.757. The molecule has 0 aromatic carbocycles. The number of hydrogen-bond donors (Lipinski definition) is 2. The van der Waals surface area contributed by atoms with Crippen LogP contribution in [0, 0.1) is 10.8 Å². The van der Waals surface area contributed by atoms with Crippen molar-refractivity contribution in [3.05, 3.63) is 25.3 Å². The molecule has 0 heterocycles. The van der Waals surface area contributed by atoms with E-state index in [0.717, 1.165) is 19.3 Å². The van der Waals surface area contributed by atoms with Crippen LogP contribution in [0.5, 0.6) is 0 Å². The van der Waals surface area contributed by atoms with E-state index in [1.54, 1.807) is 0 Å². The Morgan fingerprint density at radius 3 is 2.30 bits per heavy atom. The fraction of sp³-hybridized carbons (Fsp3) is 0.625. The van der Waals surface area contributed by atoms with Crippen LogP contribution in [0.1, 0.15) is 40.0 Å². The first kappa shape index (κ1) is 16.5. The Labute approximate surface area is 121 Å². The van der Waals surface area contributed by atoms with Crippen LogP contribution in [-0.4, -0.2) is 24.4 Å². The van der Waals surface area contributed by atoms with Crippen LogP contribution in [0.3, 0.4) is 0 Å². The Kier molecular flexibility index (Phi) is 5.15. The lowest BCUT2D eigenvalue weighted by atomic mass is 9.62. The van der Waals surface area contributed by atoms with Gasteiger partial charge in [-0.3, -0.25) is 9.59 Å². The number of nitrogens with one attached hydrogen (secondary N) is 2. The standard InChI is InChI=1S/C16H26N2O2/c1-6-13(19)17-11-16(5)9-12(18-14(20)7-2)8-15(3,4)10-16/h6-7,12H,1-2,8-11H2,3-5H3,(H,17,19)(H,18,20)/t12-,16-/m0/s1. The Bertz CT molecular complexity index is 415. The Balaban J connectivity index is 2.74. The molecule has 0 radical (unpaired) electrons. The highest BCUT2D eigenvalue weighted by molar-refractivity contribution is 5.87. The summed E-state index contributed by atoms with van der Waals surface area (Å²) in [5.74, 6) is -0.286. The molecule has 0 aromatic rings. The summed E-state index contributed by atoms with van der Waals surface area (Å²) in [6.45, 7) is 14.1. The summed E-state index contributed by atoms with van der Waals surface area (Å²) < 4.78 is 0. The fourth-order valence-electron chi connectivity index (χ4n) is 3.50. The smallest absolute Gasteiger partial charge is 0.243 e. The average molecular weight is 278 g/mol. The molecular formula is C16H26N2O2. The highest BCUT2D eigenvalue weighted by Gasteiger charge is 2.41. The lowest BCUT2D eigenvalue weighted by Crippen LogP contribution is -2.50. The molecule has 112 valence electrons. The monoisotopic (exact) mass is 278 g/mol. The van der Waals surface area contributed by atoms with Gasteiger partial charge in [0.05, 0.1) is 0 Å². The van der Waals surface area contributed by atoms with E-state index in [-0.39, 0.29) is 28.7 Å². The van der Waals surface area contributed by atoms with Crippen LogP contribution in [0.15, 0.2) is 25.3 Å². The summed E-state index contributed by atoms with van der Waals surface area (Å²) in [6, 6.07) is 0.120. The molecule has 1 aliphatic rings. The first-order valence-electron chi connectivity index (χ1n) is 7.03. The largest absolute Gasteiger partial charge is 0.352 e. The molecule has 1 rings (SSSR count). The molecule has 20 heavy (non-hydrogen) atoms. The van der Waals surface area contributed by atoms with Crippen molar-refractivity contribution in [3.63, 3.8) is 0 Å². The molecule has 0 unspecified atom stereocenters. The van der Waals surface area contributed by atoms with Crippen molar-refractivity contribution in [1.29, 1.82) is 0 Å². The van der Waals surface area contributed by atoms with E-state index in [1.165, 1.54) is 12.2 Å². The van der Waals surface area contributed by atoms with E-state index in [1.807, 2.05) is 0 Å². The van der Waals surface area contributed by atoms with Crippen LogP contribution in [-0.2, 0) is 9.59 Å². The third-order valence-corrected chi connectivity index (χ3v) is 3.85. The van der Waals surface area contributed by atoms with Gasteiger partial charge in [0.25, 0.3) is 0 Å². The van der Waals surface area contributed by atoms with Gasteiger partial charge in [-0.1, -0.05) is 33.9 Å². The predicted molar refractivity (Wildman–Crippen MR) is 81.1 cm³/mol. The third-order valence-electron chi connectivity index (χ3n) is 3.85. The maximum atomic E-state index is 11.5. The van der Waals surface area contributed by atoms with E-state index < -0.39 is 0 Å². The Morgan fingerprint density at radius 2 is 1.75 bits per heavy atom. The summed E-state index contributed by atoms with van der Waals surface area (Å²) in [5.41, 5.74) is 0.102. The molecule has 4 nitrogen and oxygen atoms in total. The van der Waals surface area contributed by atoms with Gasteiger partial charge in [0.2, 0.25) is 11.8 Å². The highest BCUT2D eigenvalue weighted by atomic mass is 16.2. The van der Waals surface area contributed by atoms with Crippen molar-refractivity contribution in [3.8, 4) is 0 Å². The summed E-state index contributed by atoms with van der Waals surface area (Å²) in [4.78, 5) is 22.9. The van der Waals surface area contributed by atoms with E-state index in [9.17, 15) is 9.59 Å². The minimum Gasteiger partial charge on any atom is -0.352 e. The fourth-order valence-corrected chi connectivity index (χ4v) is 3.50. The minimum absolute atomic E-state index is 0.0282. The molecule has 0 aliphatic heterocycles. The Hall–Kier alpha value is -1.58. The molecule has 1 aliphatic carbocycles. The van der Waals surface area contributed by atoms with Gasteiger partial charge >= 0.3 is 0 Å². The number of carbonyl (C=O) groups excluding carboxylic acids is 2. The van der Waals surface area contributed by atoms with Gasteiger partial charge in [-0.05, 0) is 42.2 Å². The molecule has 0 spiro atoms. The summed E-state index contributed by atoms with van der Waals surface area (Å²) in [5, 5.41) is 5.87. The van der Waals surface area contributed by atoms with Crippen molar-refractivity contribution >= 4 is 11.8 Å². The van der Waals surface area contributed by atoms with Gasteiger partial charge in [-0.25, -0.2) is 0 Å². The normalized spacial score (nSPS) is 28.2. The molecule has 2 N–H and O–H groups in total. The molecule has 0 bridgehead atoms. The first-order chi connectivity index (χ1) is 9.19. The van der Waals surface area contributed by atoms with E-state index >= 15 is 0 Å². The van der Waals surface area contributed by atoms with Gasteiger partial charge in [-0.2, -0.15) is 0 Å². The summed E-state index contributed by atoms with van der Waals surface area (Å²) in [7, 11) is 0. The first-order valence-corrected chi connectivity index (χ1v) is 7.03. The second-order valence-corrected chi connectivity index (χ2v) is 6.89. The van der Waals surface area contributed by atoms with Gasteiger partial charge in [0.15, 0.2) is 0 Å². The van der Waals surface area contributed by atoms with Crippen molar-refractivity contribution in [2.75, 3.05) is 6.54 Å². The highest BCUT2D eigenvalue weighted by Crippen LogP contribution is 2.45. The van der Waals surface area contributed by atoms with Crippen LogP contribution < -0.4 is 10.6 Å². The van der Waals surface area contributed by atoms with Crippen molar-refractivity contribution in [1.82, 2.24) is 10.6 Å². The number of hydrogen-bond acceptors (Lipinski definition) is 2. The van der Waals surface area contributed by atoms with Crippen LogP contribution in [0.2, 0.25) is 0 Å². The molecule has 2 amide bonds. The molecule has 1 saturated carbocycles. The van der Waals surface area contributed by atoms with Gasteiger partial charge in [-0.15, -0.1) is 0 Å². The van der Waals surface area contributed by atoms with E-state index in [2.05, 4.69) is 44.6 Å². The van der Waals surface area contributed by atoms with Crippen LogP contribution in [0.25, 0.3) is 0 Å². The number of amides is 2. The lowest BCUT2D eigenvalue weighted by molar-refractivity contribution is -0.119. The van der Waals surface area contributed by atoms with Gasteiger partial charge < -0.3 is 10.6 Å². The zero-order valence-electron chi connectivity index (χ0n) is 12.8. The van der Waals surface area contributed by atoms with E-state index in [0.29, 0.717) is 6.54 Å². The number of carbonyl (C=O) groups is 2. The maximum absolute atomic E-state index is 11.5. The molecule has 0 aromatic heterocycles. The van der Waals surface area contributed by atoms with Gasteiger partial charge in [0.1, 0.15) is 0 Å². The summed E-state index contributed by atoms with van der Waals surface area (Å²) in [6.07, 6.45) is 5.40. The van der Waals surface area contributed by atoms with Crippen molar-refractivity contribution in [2.24, 2.45) is 10.8 Å². The minimum atomic E-state index is -0.152. The SMILES string of the molecule is C=CC(=O)NC[C@@]1(C)C[C@@H](NC(=O)C=C)CC(C)(C)C1. The maximum Gasteiger partial charge on any atom is 0.243 e. The van der Waals surface area contributed by atoms with Crippen molar-refractivity contribution < 1.29 is 9.59 Å².